The standard InChI is InChI=1S/C6H9NS/c1-7-4-2-3-6(7)5-8/h2-4,8H,5H2,1H3. The number of aromatic nitrogens is 1. The van der Waals surface area contributed by atoms with Crippen molar-refractivity contribution in [3.05, 3.63) is 24.0 Å². The van der Waals surface area contributed by atoms with Gasteiger partial charge in [-0.1, -0.05) is 0 Å². The Morgan fingerprint density at radius 3 is 2.75 bits per heavy atom. The highest BCUT2D eigenvalue weighted by molar-refractivity contribution is 7.79. The second-order valence-electron chi connectivity index (χ2n) is 1.77. The molecule has 0 aliphatic carbocycles. The first-order valence-electron chi connectivity index (χ1n) is 2.55. The molecule has 8 heavy (non-hydrogen) atoms. The predicted octanol–water partition coefficient (Wildman–Crippen LogP) is 1.45. The summed E-state index contributed by atoms with van der Waals surface area (Å²) in [6, 6.07) is 4.08. The molecule has 0 N–H and O–H groups in total. The quantitative estimate of drug-likeness (QED) is 0.545. The molecule has 0 atom stereocenters. The third-order valence-electron chi connectivity index (χ3n) is 1.21. The van der Waals surface area contributed by atoms with Gasteiger partial charge >= 0.3 is 0 Å². The average molecular weight is 127 g/mol. The van der Waals surface area contributed by atoms with E-state index in [1.54, 1.807) is 0 Å². The average Bonchev–Trinajstić information content (AvgIpc) is 2.14. The Bertz CT molecular complexity index is 169. The van der Waals surface area contributed by atoms with Gasteiger partial charge in [-0.3, -0.25) is 0 Å². The van der Waals surface area contributed by atoms with E-state index in [9.17, 15) is 0 Å². The van der Waals surface area contributed by atoms with Crippen molar-refractivity contribution in [1.82, 2.24) is 4.57 Å². The molecule has 0 fully saturated rings. The Labute approximate surface area is 54.7 Å². The summed E-state index contributed by atoms with van der Waals surface area (Å²) in [6.45, 7) is 0. The molecule has 0 saturated heterocycles. The zero-order valence-corrected chi connectivity index (χ0v) is 5.73. The van der Waals surface area contributed by atoms with E-state index < -0.39 is 0 Å². The lowest BCUT2D eigenvalue weighted by Crippen LogP contribution is -1.89. The molecule has 0 aliphatic heterocycles. The number of rotatable bonds is 1. The molecule has 0 unspecified atom stereocenters. The molecule has 1 aromatic rings. The van der Waals surface area contributed by atoms with Crippen LogP contribution in [0.2, 0.25) is 0 Å². The van der Waals surface area contributed by atoms with Crippen LogP contribution in [0.4, 0.5) is 0 Å². The number of aryl methyl sites for hydroxylation is 1. The molecule has 1 aromatic heterocycles. The van der Waals surface area contributed by atoms with Crippen LogP contribution in [0.25, 0.3) is 0 Å². The molecule has 2 heteroatoms. The van der Waals surface area contributed by atoms with Gasteiger partial charge in [0, 0.05) is 24.7 Å². The number of hydrogen-bond acceptors (Lipinski definition) is 1. The fourth-order valence-electron chi connectivity index (χ4n) is 0.661. The molecule has 44 valence electrons. The van der Waals surface area contributed by atoms with E-state index in [0.717, 1.165) is 5.75 Å². The van der Waals surface area contributed by atoms with Gasteiger partial charge < -0.3 is 4.57 Å². The summed E-state index contributed by atoms with van der Waals surface area (Å²) >= 11 is 4.13. The third-order valence-corrected chi connectivity index (χ3v) is 1.54. The molecule has 0 saturated carbocycles. The largest absolute Gasteiger partial charge is 0.354 e. The van der Waals surface area contributed by atoms with E-state index in [1.165, 1.54) is 5.69 Å². The predicted molar refractivity (Wildman–Crippen MR) is 38.1 cm³/mol. The number of thiol groups is 1. The Morgan fingerprint density at radius 2 is 2.50 bits per heavy atom. The van der Waals surface area contributed by atoms with E-state index in [0.29, 0.717) is 0 Å². The molecule has 0 aromatic carbocycles. The summed E-state index contributed by atoms with van der Waals surface area (Å²) < 4.78 is 2.06. The van der Waals surface area contributed by atoms with Crippen molar-refractivity contribution in [2.24, 2.45) is 7.05 Å². The Morgan fingerprint density at radius 1 is 1.75 bits per heavy atom. The minimum Gasteiger partial charge on any atom is -0.354 e. The van der Waals surface area contributed by atoms with Gasteiger partial charge in [-0.05, 0) is 12.1 Å². The molecule has 0 aliphatic rings. The maximum Gasteiger partial charge on any atom is 0.0307 e. The van der Waals surface area contributed by atoms with Gasteiger partial charge in [0.15, 0.2) is 0 Å². The SMILES string of the molecule is Cn1cccc1CS. The molecule has 0 bridgehead atoms. The van der Waals surface area contributed by atoms with Gasteiger partial charge in [0.2, 0.25) is 0 Å². The first kappa shape index (κ1) is 5.76. The van der Waals surface area contributed by atoms with Gasteiger partial charge in [-0.15, -0.1) is 0 Å². The van der Waals surface area contributed by atoms with Crippen molar-refractivity contribution in [3.63, 3.8) is 0 Å². The number of nitrogens with zero attached hydrogens (tertiary/aromatic N) is 1. The fourth-order valence-corrected chi connectivity index (χ4v) is 0.989. The van der Waals surface area contributed by atoms with Crippen LogP contribution in [0.3, 0.4) is 0 Å². The molecule has 0 radical (unpaired) electrons. The molecular formula is C6H9NS. The Balaban J connectivity index is 2.92. The minimum atomic E-state index is 0.823. The molecule has 0 spiro atoms. The second kappa shape index (κ2) is 2.27. The van der Waals surface area contributed by atoms with Crippen LogP contribution in [-0.2, 0) is 12.8 Å². The Kier molecular flexibility index (Phi) is 1.63. The first-order valence-corrected chi connectivity index (χ1v) is 3.19. The third kappa shape index (κ3) is 0.892. The normalized spacial score (nSPS) is 9.75. The van der Waals surface area contributed by atoms with Crippen molar-refractivity contribution < 1.29 is 0 Å². The van der Waals surface area contributed by atoms with E-state index in [1.807, 2.05) is 19.3 Å². The summed E-state index contributed by atoms with van der Waals surface area (Å²) in [5.41, 5.74) is 1.26. The lowest BCUT2D eigenvalue weighted by molar-refractivity contribution is 0.876. The van der Waals surface area contributed by atoms with Crippen molar-refractivity contribution >= 4 is 12.6 Å². The maximum atomic E-state index is 4.13. The highest BCUT2D eigenvalue weighted by Crippen LogP contribution is 2.01. The van der Waals surface area contributed by atoms with Crippen LogP contribution in [0.5, 0.6) is 0 Å². The van der Waals surface area contributed by atoms with E-state index >= 15 is 0 Å². The van der Waals surface area contributed by atoms with Gasteiger partial charge in [0.1, 0.15) is 0 Å². The number of hydrogen-bond donors (Lipinski definition) is 1. The van der Waals surface area contributed by atoms with Gasteiger partial charge in [0.05, 0.1) is 0 Å². The monoisotopic (exact) mass is 127 g/mol. The van der Waals surface area contributed by atoms with E-state index in [2.05, 4.69) is 23.3 Å². The van der Waals surface area contributed by atoms with Gasteiger partial charge in [-0.25, -0.2) is 0 Å². The van der Waals surface area contributed by atoms with Crippen LogP contribution in [-0.4, -0.2) is 4.57 Å². The van der Waals surface area contributed by atoms with Crippen LogP contribution in [0.1, 0.15) is 5.69 Å². The molecule has 0 amide bonds. The summed E-state index contributed by atoms with van der Waals surface area (Å²) in [4.78, 5) is 0. The zero-order chi connectivity index (χ0) is 5.98. The fraction of sp³-hybridized carbons (Fsp3) is 0.333. The molecule has 1 heterocycles. The van der Waals surface area contributed by atoms with Crippen molar-refractivity contribution in [1.29, 1.82) is 0 Å². The molecule has 1 nitrogen and oxygen atoms in total. The zero-order valence-electron chi connectivity index (χ0n) is 4.83. The topological polar surface area (TPSA) is 4.93 Å². The first-order chi connectivity index (χ1) is 3.84. The summed E-state index contributed by atoms with van der Waals surface area (Å²) in [6.07, 6.45) is 2.02. The molecular weight excluding hydrogens is 118 g/mol. The van der Waals surface area contributed by atoms with Crippen molar-refractivity contribution in [3.8, 4) is 0 Å². The van der Waals surface area contributed by atoms with Gasteiger partial charge in [0.25, 0.3) is 0 Å². The smallest absolute Gasteiger partial charge is 0.0307 e. The summed E-state index contributed by atoms with van der Waals surface area (Å²) in [7, 11) is 2.02. The summed E-state index contributed by atoms with van der Waals surface area (Å²) in [5.74, 6) is 0.823. The lowest BCUT2D eigenvalue weighted by Gasteiger charge is -1.94. The summed E-state index contributed by atoms with van der Waals surface area (Å²) in [5, 5.41) is 0. The second-order valence-corrected chi connectivity index (χ2v) is 2.08. The maximum absolute atomic E-state index is 4.13. The lowest BCUT2D eigenvalue weighted by atomic mass is 10.5. The van der Waals surface area contributed by atoms with Gasteiger partial charge in [-0.2, -0.15) is 12.6 Å². The van der Waals surface area contributed by atoms with E-state index in [-0.39, 0.29) is 0 Å². The van der Waals surface area contributed by atoms with Crippen molar-refractivity contribution in [2.45, 2.75) is 5.75 Å². The van der Waals surface area contributed by atoms with Crippen molar-refractivity contribution in [2.75, 3.05) is 0 Å². The van der Waals surface area contributed by atoms with Crippen LogP contribution in [0, 0.1) is 0 Å². The minimum absolute atomic E-state index is 0.823. The Hall–Kier alpha value is -0.370. The van der Waals surface area contributed by atoms with Crippen LogP contribution in [0.15, 0.2) is 18.3 Å². The highest BCUT2D eigenvalue weighted by atomic mass is 32.1. The van der Waals surface area contributed by atoms with Crippen LogP contribution < -0.4 is 0 Å². The van der Waals surface area contributed by atoms with Crippen LogP contribution >= 0.6 is 12.6 Å². The highest BCUT2D eigenvalue weighted by Gasteiger charge is 1.89. The van der Waals surface area contributed by atoms with E-state index in [4.69, 9.17) is 0 Å². The molecule has 1 rings (SSSR count).